The van der Waals surface area contributed by atoms with Crippen LogP contribution in [0, 0.1) is 0 Å². The summed E-state index contributed by atoms with van der Waals surface area (Å²) >= 11 is 0. The number of phenolic OH excluding ortho intramolecular Hbond substituents is 1. The molecule has 0 radical (unpaired) electrons. The maximum absolute atomic E-state index is 11.8. The molecule has 0 fully saturated rings. The van der Waals surface area contributed by atoms with Crippen LogP contribution >= 0.6 is 0 Å². The van der Waals surface area contributed by atoms with Crippen LogP contribution in [0.15, 0.2) is 30.3 Å². The molecule has 0 aromatic heterocycles. The minimum absolute atomic E-state index is 0.00696. The van der Waals surface area contributed by atoms with Crippen molar-refractivity contribution in [3.63, 3.8) is 0 Å². The number of aliphatic carboxylic acids is 2. The number of carboxylic acids is 2. The standard InChI is InChI=1S/C16H16O10/c1-25-15(23)16(24,8-11(18)19)13(14(21)22)26-12(20)7-4-9-2-5-10(17)6-3-9/h2-7,13,17,24H,8H2,1H3,(H,18,19)(H,21,22). The molecule has 0 saturated carbocycles. The van der Waals surface area contributed by atoms with Crippen LogP contribution in [0.4, 0.5) is 0 Å². The average Bonchev–Trinajstić information content (AvgIpc) is 2.57. The largest absolute Gasteiger partial charge is 0.508 e. The quantitative estimate of drug-likeness (QED) is 0.355. The number of aliphatic hydroxyl groups is 1. The minimum Gasteiger partial charge on any atom is -0.508 e. The number of esters is 2. The van der Waals surface area contributed by atoms with E-state index in [1.807, 2.05) is 0 Å². The van der Waals surface area contributed by atoms with Crippen molar-refractivity contribution in [2.24, 2.45) is 0 Å². The lowest BCUT2D eigenvalue weighted by atomic mass is 9.92. The van der Waals surface area contributed by atoms with Gasteiger partial charge in [0, 0.05) is 6.08 Å². The first-order valence-corrected chi connectivity index (χ1v) is 7.03. The number of carbonyl (C=O) groups is 4. The number of phenols is 1. The molecule has 0 aliphatic rings. The molecule has 0 aliphatic carbocycles. The van der Waals surface area contributed by atoms with Crippen molar-refractivity contribution in [2.75, 3.05) is 7.11 Å². The Hall–Kier alpha value is -3.40. The highest BCUT2D eigenvalue weighted by atomic mass is 16.6. The Kier molecular flexibility index (Phi) is 6.85. The number of aromatic hydroxyl groups is 1. The molecule has 1 rings (SSSR count). The Bertz CT molecular complexity index is 721. The summed E-state index contributed by atoms with van der Waals surface area (Å²) < 4.78 is 8.78. The second kappa shape index (κ2) is 8.62. The first-order chi connectivity index (χ1) is 12.1. The molecule has 26 heavy (non-hydrogen) atoms. The number of hydrogen-bond donors (Lipinski definition) is 4. The summed E-state index contributed by atoms with van der Waals surface area (Å²) in [5.74, 6) is -6.49. The number of ether oxygens (including phenoxy) is 2. The average molecular weight is 368 g/mol. The van der Waals surface area contributed by atoms with E-state index in [2.05, 4.69) is 9.47 Å². The fraction of sp³-hybridized carbons (Fsp3) is 0.250. The fourth-order valence-electron chi connectivity index (χ4n) is 1.94. The van der Waals surface area contributed by atoms with Crippen molar-refractivity contribution in [1.29, 1.82) is 0 Å². The molecule has 0 spiro atoms. The van der Waals surface area contributed by atoms with Gasteiger partial charge in [0.15, 0.2) is 0 Å². The van der Waals surface area contributed by atoms with Crippen molar-refractivity contribution >= 4 is 30.0 Å². The van der Waals surface area contributed by atoms with Crippen LogP contribution in [-0.4, -0.2) is 63.1 Å². The maximum Gasteiger partial charge on any atom is 0.348 e. The molecule has 1 aromatic carbocycles. The Morgan fingerprint density at radius 1 is 1.15 bits per heavy atom. The van der Waals surface area contributed by atoms with Crippen LogP contribution in [0.1, 0.15) is 12.0 Å². The minimum atomic E-state index is -3.12. The summed E-state index contributed by atoms with van der Waals surface area (Å²) in [6.45, 7) is 0. The zero-order valence-corrected chi connectivity index (χ0v) is 13.5. The summed E-state index contributed by atoms with van der Waals surface area (Å²) in [5.41, 5.74) is -2.66. The number of methoxy groups -OCH3 is 1. The van der Waals surface area contributed by atoms with E-state index >= 15 is 0 Å². The highest BCUT2D eigenvalue weighted by molar-refractivity contribution is 5.95. The highest BCUT2D eigenvalue weighted by Crippen LogP contribution is 2.22. The number of benzene rings is 1. The lowest BCUT2D eigenvalue weighted by Crippen LogP contribution is -2.56. The van der Waals surface area contributed by atoms with Gasteiger partial charge in [0.05, 0.1) is 13.5 Å². The van der Waals surface area contributed by atoms with Crippen LogP contribution in [0.5, 0.6) is 5.75 Å². The molecule has 2 atom stereocenters. The summed E-state index contributed by atoms with van der Waals surface area (Å²) in [6.07, 6.45) is -1.84. The third-order valence-electron chi connectivity index (χ3n) is 3.16. The molecular formula is C16H16O10. The van der Waals surface area contributed by atoms with Crippen molar-refractivity contribution in [3.8, 4) is 5.75 Å². The van der Waals surface area contributed by atoms with Crippen LogP contribution < -0.4 is 0 Å². The lowest BCUT2D eigenvalue weighted by Gasteiger charge is -2.28. The number of carbonyl (C=O) groups excluding carboxylic acids is 2. The molecule has 1 aromatic rings. The summed E-state index contributed by atoms with van der Waals surface area (Å²) in [7, 11) is 0.806. The number of rotatable bonds is 8. The van der Waals surface area contributed by atoms with E-state index in [1.165, 1.54) is 30.3 Å². The summed E-state index contributed by atoms with van der Waals surface area (Å²) in [4.78, 5) is 45.6. The maximum atomic E-state index is 11.8. The van der Waals surface area contributed by atoms with Crippen molar-refractivity contribution in [1.82, 2.24) is 0 Å². The molecule has 10 nitrogen and oxygen atoms in total. The molecule has 140 valence electrons. The predicted molar refractivity (Wildman–Crippen MR) is 83.9 cm³/mol. The number of hydrogen-bond acceptors (Lipinski definition) is 8. The second-order valence-electron chi connectivity index (χ2n) is 5.07. The van der Waals surface area contributed by atoms with Crippen LogP contribution in [0.3, 0.4) is 0 Å². The zero-order valence-electron chi connectivity index (χ0n) is 13.5. The molecule has 0 heterocycles. The molecule has 10 heteroatoms. The molecule has 4 N–H and O–H groups in total. The Labute approximate surface area is 146 Å². The van der Waals surface area contributed by atoms with Crippen molar-refractivity contribution in [2.45, 2.75) is 18.1 Å². The monoisotopic (exact) mass is 368 g/mol. The molecule has 0 aliphatic heterocycles. The van der Waals surface area contributed by atoms with Crippen molar-refractivity contribution in [3.05, 3.63) is 35.9 Å². The normalized spacial score (nSPS) is 14.2. The van der Waals surface area contributed by atoms with E-state index < -0.39 is 42.0 Å². The van der Waals surface area contributed by atoms with E-state index in [-0.39, 0.29) is 5.75 Å². The van der Waals surface area contributed by atoms with Crippen LogP contribution in [0.25, 0.3) is 6.08 Å². The van der Waals surface area contributed by atoms with E-state index in [0.29, 0.717) is 5.56 Å². The van der Waals surface area contributed by atoms with Gasteiger partial charge in [-0.2, -0.15) is 0 Å². The summed E-state index contributed by atoms with van der Waals surface area (Å²) in [6, 6.07) is 5.58. The summed E-state index contributed by atoms with van der Waals surface area (Å²) in [5, 5.41) is 37.3. The topological polar surface area (TPSA) is 168 Å². The van der Waals surface area contributed by atoms with Gasteiger partial charge in [-0.15, -0.1) is 0 Å². The molecule has 2 unspecified atom stereocenters. The molecule has 0 amide bonds. The second-order valence-corrected chi connectivity index (χ2v) is 5.07. The Morgan fingerprint density at radius 3 is 2.19 bits per heavy atom. The fourth-order valence-corrected chi connectivity index (χ4v) is 1.94. The molecule has 0 bridgehead atoms. The number of carboxylic acid groups (broad SMARTS) is 2. The smallest absolute Gasteiger partial charge is 0.348 e. The Morgan fingerprint density at radius 2 is 1.73 bits per heavy atom. The van der Waals surface area contributed by atoms with Gasteiger partial charge in [0.25, 0.3) is 0 Å². The van der Waals surface area contributed by atoms with Gasteiger partial charge in [-0.3, -0.25) is 4.79 Å². The van der Waals surface area contributed by atoms with Crippen LogP contribution in [-0.2, 0) is 28.7 Å². The lowest BCUT2D eigenvalue weighted by molar-refractivity contribution is -0.197. The van der Waals surface area contributed by atoms with Gasteiger partial charge in [0.1, 0.15) is 5.75 Å². The van der Waals surface area contributed by atoms with Crippen LogP contribution in [0.2, 0.25) is 0 Å². The van der Waals surface area contributed by atoms with Gasteiger partial charge < -0.3 is 29.9 Å². The molecule has 0 saturated heterocycles. The van der Waals surface area contributed by atoms with Crippen molar-refractivity contribution < 1.29 is 49.1 Å². The Balaban J connectivity index is 3.02. The van der Waals surface area contributed by atoms with Gasteiger partial charge in [-0.1, -0.05) is 12.1 Å². The highest BCUT2D eigenvalue weighted by Gasteiger charge is 2.53. The van der Waals surface area contributed by atoms with Gasteiger partial charge >= 0.3 is 23.9 Å². The SMILES string of the molecule is COC(=O)C(O)(CC(=O)O)C(OC(=O)C=Cc1ccc(O)cc1)C(=O)O. The van der Waals surface area contributed by atoms with E-state index in [4.69, 9.17) is 15.3 Å². The van der Waals surface area contributed by atoms with Gasteiger partial charge in [-0.25, -0.2) is 14.4 Å². The van der Waals surface area contributed by atoms with E-state index in [0.717, 1.165) is 13.2 Å². The van der Waals surface area contributed by atoms with Gasteiger partial charge in [-0.05, 0) is 23.8 Å². The van der Waals surface area contributed by atoms with Gasteiger partial charge in [0.2, 0.25) is 11.7 Å². The third kappa shape index (κ3) is 5.31. The zero-order chi connectivity index (χ0) is 19.9. The van der Waals surface area contributed by atoms with E-state index in [9.17, 15) is 24.3 Å². The third-order valence-corrected chi connectivity index (χ3v) is 3.16. The first kappa shape index (κ1) is 20.6. The first-order valence-electron chi connectivity index (χ1n) is 7.03. The predicted octanol–water partition coefficient (Wildman–Crippen LogP) is -0.219. The molecular weight excluding hydrogens is 352 g/mol. The van der Waals surface area contributed by atoms with E-state index in [1.54, 1.807) is 0 Å².